The highest BCUT2D eigenvalue weighted by Gasteiger charge is 2.40. The molecule has 0 N–H and O–H groups in total. The quantitative estimate of drug-likeness (QED) is 0.321. The molecular weight excluding hydrogens is 95.5 g/mol. The SMILES string of the molecule is ClC1C2=C1CC2. The van der Waals surface area contributed by atoms with Gasteiger partial charge in [0.05, 0.1) is 5.38 Å². The molecule has 0 amide bonds. The summed E-state index contributed by atoms with van der Waals surface area (Å²) in [4.78, 5) is 0. The lowest BCUT2D eigenvalue weighted by molar-refractivity contribution is 0.962. The van der Waals surface area contributed by atoms with Crippen molar-refractivity contribution in [3.05, 3.63) is 11.1 Å². The zero-order chi connectivity index (χ0) is 4.15. The Balaban J connectivity index is 2.30. The van der Waals surface area contributed by atoms with E-state index in [0.717, 1.165) is 0 Å². The van der Waals surface area contributed by atoms with Crippen molar-refractivity contribution in [1.29, 1.82) is 0 Å². The van der Waals surface area contributed by atoms with Crippen molar-refractivity contribution in [2.24, 2.45) is 0 Å². The van der Waals surface area contributed by atoms with Gasteiger partial charge in [-0.05, 0) is 24.0 Å². The lowest BCUT2D eigenvalue weighted by Gasteiger charge is -1.90. The lowest BCUT2D eigenvalue weighted by Crippen LogP contribution is -1.71. The Kier molecular flexibility index (Phi) is 0.345. The van der Waals surface area contributed by atoms with Crippen LogP contribution in [0.5, 0.6) is 0 Å². The maximum Gasteiger partial charge on any atom is 0.0762 e. The molecule has 0 fully saturated rings. The molecule has 0 spiro atoms. The van der Waals surface area contributed by atoms with Crippen LogP contribution in [-0.2, 0) is 0 Å². The Morgan fingerprint density at radius 3 is 1.83 bits per heavy atom. The molecule has 0 aromatic rings. The molecule has 2 aliphatic carbocycles. The minimum Gasteiger partial charge on any atom is -0.113 e. The molecule has 2 aliphatic rings. The highest BCUT2D eigenvalue weighted by Crippen LogP contribution is 2.52. The van der Waals surface area contributed by atoms with E-state index in [2.05, 4.69) is 0 Å². The second-order valence-corrected chi connectivity index (χ2v) is 2.35. The standard InChI is InChI=1S/C5H5Cl/c6-5-3-1-2-4(3)5/h5H,1-2H2. The predicted octanol–water partition coefficient (Wildman–Crippen LogP) is 1.70. The predicted molar refractivity (Wildman–Crippen MR) is 25.9 cm³/mol. The van der Waals surface area contributed by atoms with Crippen molar-refractivity contribution < 1.29 is 0 Å². The van der Waals surface area contributed by atoms with Gasteiger partial charge in [-0.2, -0.15) is 0 Å². The van der Waals surface area contributed by atoms with E-state index < -0.39 is 0 Å². The van der Waals surface area contributed by atoms with Gasteiger partial charge >= 0.3 is 0 Å². The van der Waals surface area contributed by atoms with Gasteiger partial charge in [0.15, 0.2) is 0 Å². The fraction of sp³-hybridized carbons (Fsp3) is 0.600. The molecule has 0 bridgehead atoms. The first-order valence-corrected chi connectivity index (χ1v) is 2.69. The van der Waals surface area contributed by atoms with E-state index in [1.807, 2.05) is 0 Å². The Labute approximate surface area is 41.8 Å². The molecule has 32 valence electrons. The number of alkyl halides is 1. The first kappa shape index (κ1) is 3.09. The monoisotopic (exact) mass is 100 g/mol. The van der Waals surface area contributed by atoms with E-state index in [0.29, 0.717) is 5.38 Å². The zero-order valence-electron chi connectivity index (χ0n) is 3.37. The number of hydrogen-bond acceptors (Lipinski definition) is 0. The van der Waals surface area contributed by atoms with E-state index in [4.69, 9.17) is 11.6 Å². The first-order valence-electron chi connectivity index (χ1n) is 2.25. The molecule has 6 heavy (non-hydrogen) atoms. The van der Waals surface area contributed by atoms with Crippen molar-refractivity contribution in [1.82, 2.24) is 0 Å². The summed E-state index contributed by atoms with van der Waals surface area (Å²) in [6, 6.07) is 0. The number of rotatable bonds is 0. The van der Waals surface area contributed by atoms with Gasteiger partial charge in [0, 0.05) is 0 Å². The molecule has 0 atom stereocenters. The molecular formula is C5H5Cl. The fourth-order valence-corrected chi connectivity index (χ4v) is 1.39. The van der Waals surface area contributed by atoms with Crippen molar-refractivity contribution >= 4 is 11.6 Å². The molecule has 0 saturated heterocycles. The summed E-state index contributed by atoms with van der Waals surface area (Å²) < 4.78 is 0. The minimum absolute atomic E-state index is 0.435. The summed E-state index contributed by atoms with van der Waals surface area (Å²) in [5, 5.41) is 0.435. The van der Waals surface area contributed by atoms with Crippen molar-refractivity contribution in [3.63, 3.8) is 0 Å². The van der Waals surface area contributed by atoms with E-state index in [9.17, 15) is 0 Å². The van der Waals surface area contributed by atoms with Crippen LogP contribution in [0.2, 0.25) is 0 Å². The van der Waals surface area contributed by atoms with Gasteiger partial charge in [0.2, 0.25) is 0 Å². The van der Waals surface area contributed by atoms with E-state index >= 15 is 0 Å². The van der Waals surface area contributed by atoms with Crippen LogP contribution in [0.15, 0.2) is 11.1 Å². The average Bonchev–Trinajstić information content (AvgIpc) is 1.63. The number of allylic oxidation sites excluding steroid dienone is 2. The third-order valence-corrected chi connectivity index (χ3v) is 2.13. The van der Waals surface area contributed by atoms with Gasteiger partial charge in [-0.25, -0.2) is 0 Å². The first-order chi connectivity index (χ1) is 2.89. The van der Waals surface area contributed by atoms with Gasteiger partial charge in [-0.1, -0.05) is 0 Å². The lowest BCUT2D eigenvalue weighted by atomic mass is 10.1. The van der Waals surface area contributed by atoms with Gasteiger partial charge in [-0.15, -0.1) is 11.6 Å². The van der Waals surface area contributed by atoms with Gasteiger partial charge in [-0.3, -0.25) is 0 Å². The van der Waals surface area contributed by atoms with Crippen LogP contribution in [0, 0.1) is 0 Å². The number of halogens is 1. The van der Waals surface area contributed by atoms with Crippen LogP contribution in [0.1, 0.15) is 12.8 Å². The number of hydrogen-bond donors (Lipinski definition) is 0. The molecule has 0 aliphatic heterocycles. The van der Waals surface area contributed by atoms with Crippen molar-refractivity contribution in [2.75, 3.05) is 0 Å². The Bertz CT molecular complexity index is 110. The van der Waals surface area contributed by atoms with Crippen molar-refractivity contribution in [3.8, 4) is 0 Å². The van der Waals surface area contributed by atoms with Crippen LogP contribution in [0.4, 0.5) is 0 Å². The maximum atomic E-state index is 5.68. The van der Waals surface area contributed by atoms with Gasteiger partial charge in [0.1, 0.15) is 0 Å². The van der Waals surface area contributed by atoms with E-state index in [1.54, 1.807) is 0 Å². The van der Waals surface area contributed by atoms with Crippen LogP contribution >= 0.6 is 11.6 Å². The van der Waals surface area contributed by atoms with Crippen LogP contribution in [0.3, 0.4) is 0 Å². The third kappa shape index (κ3) is 0.164. The summed E-state index contributed by atoms with van der Waals surface area (Å²) in [5.74, 6) is 0. The summed E-state index contributed by atoms with van der Waals surface area (Å²) in [6.07, 6.45) is 2.59. The summed E-state index contributed by atoms with van der Waals surface area (Å²) in [5.41, 5.74) is 3.08. The van der Waals surface area contributed by atoms with Crippen LogP contribution in [0.25, 0.3) is 0 Å². The average molecular weight is 101 g/mol. The molecule has 0 nitrogen and oxygen atoms in total. The smallest absolute Gasteiger partial charge is 0.0762 e. The topological polar surface area (TPSA) is 0 Å². The largest absolute Gasteiger partial charge is 0.113 e. The highest BCUT2D eigenvalue weighted by atomic mass is 35.5. The van der Waals surface area contributed by atoms with E-state index in [1.165, 1.54) is 24.0 Å². The zero-order valence-corrected chi connectivity index (χ0v) is 4.13. The summed E-state index contributed by atoms with van der Waals surface area (Å²) in [6.45, 7) is 0. The fourth-order valence-electron chi connectivity index (χ4n) is 0.950. The molecule has 0 unspecified atom stereocenters. The Hall–Kier alpha value is 0.0300. The van der Waals surface area contributed by atoms with Crippen LogP contribution in [-0.4, -0.2) is 5.38 Å². The maximum absolute atomic E-state index is 5.68. The molecule has 0 aromatic carbocycles. The highest BCUT2D eigenvalue weighted by molar-refractivity contribution is 6.28. The molecule has 2 rings (SSSR count). The van der Waals surface area contributed by atoms with E-state index in [-0.39, 0.29) is 0 Å². The third-order valence-electron chi connectivity index (χ3n) is 1.60. The van der Waals surface area contributed by atoms with Crippen molar-refractivity contribution in [2.45, 2.75) is 18.2 Å². The van der Waals surface area contributed by atoms with Gasteiger partial charge < -0.3 is 0 Å². The Morgan fingerprint density at radius 2 is 1.83 bits per heavy atom. The second kappa shape index (κ2) is 0.671. The normalized spacial score (nSPS) is 29.5. The molecule has 0 saturated carbocycles. The molecule has 0 radical (unpaired) electrons. The second-order valence-electron chi connectivity index (χ2n) is 1.91. The molecule has 1 heteroatoms. The molecule has 0 aromatic heterocycles. The summed E-state index contributed by atoms with van der Waals surface area (Å²) in [7, 11) is 0. The minimum atomic E-state index is 0.435. The van der Waals surface area contributed by atoms with Gasteiger partial charge in [0.25, 0.3) is 0 Å². The molecule has 0 heterocycles. The Morgan fingerprint density at radius 1 is 1.33 bits per heavy atom. The summed E-state index contributed by atoms with van der Waals surface area (Å²) >= 11 is 5.68. The van der Waals surface area contributed by atoms with Crippen LogP contribution < -0.4 is 0 Å².